The normalized spacial score (nSPS) is 37.4. The van der Waals surface area contributed by atoms with Crippen molar-refractivity contribution in [3.63, 3.8) is 0 Å². The Kier molecular flexibility index (Phi) is 9.21. The zero-order valence-corrected chi connectivity index (χ0v) is 25.2. The third kappa shape index (κ3) is 5.65. The lowest BCUT2D eigenvalue weighted by Gasteiger charge is -2.62. The maximum Gasteiger partial charge on any atom is 0.344 e. The Balaban J connectivity index is 1.52. The summed E-state index contributed by atoms with van der Waals surface area (Å²) >= 11 is 0. The molecule has 0 heterocycles. The van der Waals surface area contributed by atoms with Crippen molar-refractivity contribution in [2.24, 2.45) is 39.7 Å². The van der Waals surface area contributed by atoms with Crippen molar-refractivity contribution in [1.82, 2.24) is 5.32 Å². The predicted octanol–water partition coefficient (Wildman–Crippen LogP) is 3.13. The highest BCUT2D eigenvalue weighted by atomic mass is 16.6. The molecule has 0 spiro atoms. The van der Waals surface area contributed by atoms with Crippen LogP contribution in [-0.4, -0.2) is 59.3 Å². The lowest BCUT2D eigenvalue weighted by Crippen LogP contribution is -2.63. The monoisotopic (exact) mass is 572 g/mol. The molecule has 0 aromatic heterocycles. The molecule has 3 unspecified atom stereocenters. The fourth-order valence-corrected chi connectivity index (χ4v) is 8.19. The highest BCUT2D eigenvalue weighted by Gasteiger charge is 2.68. The number of aliphatic hydroxyl groups is 2. The first kappa shape index (κ1) is 31.4. The molecule has 1 aromatic carbocycles. The summed E-state index contributed by atoms with van der Waals surface area (Å²) in [4.78, 5) is 38.8. The lowest BCUT2D eigenvalue weighted by atomic mass is 9.43. The second kappa shape index (κ2) is 12.0. The van der Waals surface area contributed by atoms with Crippen molar-refractivity contribution in [2.45, 2.75) is 97.9 Å². The molecule has 9 nitrogen and oxygen atoms in total. The molecular formula is C32H48N2O7. The van der Waals surface area contributed by atoms with Crippen molar-refractivity contribution in [2.75, 3.05) is 13.2 Å². The van der Waals surface area contributed by atoms with Gasteiger partial charge in [0.1, 0.15) is 23.7 Å². The molecule has 228 valence electrons. The number of nitrogens with two attached hydrogens (primary N) is 1. The standard InChI is InChI=1S/C32H48N2O7/c1-6-30(4)15-25(31(5)19(2)10-12-32(20(3)28(30)38)13-11-24(36)27(31)32)41-26(37)18-40-22-9-7-8-21(14-22)16-34-29(39)23(33)17-35/h7-9,14,19-20,23,25,27-28,35,38H,6,10-13,15-18,33H2,1-5H3,(H,34,39)/t19?,20-,23+,25+,27?,28-,30+,31-,32?/m0/s1. The quantitative estimate of drug-likeness (QED) is 0.330. The molecule has 3 fully saturated rings. The van der Waals surface area contributed by atoms with Gasteiger partial charge in [-0.1, -0.05) is 46.8 Å². The molecule has 9 atom stereocenters. The van der Waals surface area contributed by atoms with Gasteiger partial charge < -0.3 is 30.7 Å². The van der Waals surface area contributed by atoms with Gasteiger partial charge in [0.2, 0.25) is 5.91 Å². The average molecular weight is 573 g/mol. The van der Waals surface area contributed by atoms with Gasteiger partial charge in [-0.15, -0.1) is 0 Å². The molecule has 5 N–H and O–H groups in total. The summed E-state index contributed by atoms with van der Waals surface area (Å²) in [6.07, 6.45) is 3.20. The number of benzene rings is 1. The van der Waals surface area contributed by atoms with Gasteiger partial charge in [-0.25, -0.2) is 4.79 Å². The van der Waals surface area contributed by atoms with Gasteiger partial charge in [0.05, 0.1) is 12.7 Å². The van der Waals surface area contributed by atoms with Crippen molar-refractivity contribution >= 4 is 17.7 Å². The molecule has 3 saturated carbocycles. The van der Waals surface area contributed by atoms with Gasteiger partial charge in [-0.2, -0.15) is 0 Å². The molecule has 2 bridgehead atoms. The Labute approximate surface area is 243 Å². The SMILES string of the molecule is CC[C@]1(C)C[C@@H](OC(=O)COc2cccc(CNC(=O)[C@H](N)CO)c2)[C@]2(C)C(C)CCC3(CCC(=O)C32)[C@@H](C)[C@@H]1O. The Hall–Kier alpha value is -2.49. The lowest BCUT2D eigenvalue weighted by molar-refractivity contribution is -0.213. The average Bonchev–Trinajstić information content (AvgIpc) is 3.32. The summed E-state index contributed by atoms with van der Waals surface area (Å²) in [5.74, 6) is -0.394. The van der Waals surface area contributed by atoms with Crippen LogP contribution in [0.3, 0.4) is 0 Å². The molecule has 41 heavy (non-hydrogen) atoms. The number of nitrogens with one attached hydrogen (secondary N) is 1. The van der Waals surface area contributed by atoms with Crippen LogP contribution in [0, 0.1) is 34.0 Å². The van der Waals surface area contributed by atoms with Crippen LogP contribution >= 0.6 is 0 Å². The number of aliphatic hydroxyl groups excluding tert-OH is 2. The first-order valence-electron chi connectivity index (χ1n) is 15.1. The predicted molar refractivity (Wildman–Crippen MR) is 154 cm³/mol. The van der Waals surface area contributed by atoms with Crippen molar-refractivity contribution in [3.05, 3.63) is 29.8 Å². The van der Waals surface area contributed by atoms with Gasteiger partial charge in [-0.3, -0.25) is 9.59 Å². The third-order valence-electron chi connectivity index (χ3n) is 11.2. The molecule has 0 saturated heterocycles. The molecular weight excluding hydrogens is 524 g/mol. The summed E-state index contributed by atoms with van der Waals surface area (Å²) < 4.78 is 12.1. The largest absolute Gasteiger partial charge is 0.482 e. The second-order valence-corrected chi connectivity index (χ2v) is 13.3. The van der Waals surface area contributed by atoms with Crippen molar-refractivity contribution in [1.29, 1.82) is 0 Å². The number of rotatable bonds is 9. The maximum atomic E-state index is 13.5. The van der Waals surface area contributed by atoms with E-state index in [0.29, 0.717) is 18.6 Å². The highest BCUT2D eigenvalue weighted by molar-refractivity contribution is 5.85. The minimum atomic E-state index is -0.991. The number of ether oxygens (including phenoxy) is 2. The van der Waals surface area contributed by atoms with E-state index in [-0.39, 0.29) is 42.1 Å². The van der Waals surface area contributed by atoms with Crippen LogP contribution in [0.1, 0.15) is 78.7 Å². The van der Waals surface area contributed by atoms with E-state index in [4.69, 9.17) is 20.3 Å². The fourth-order valence-electron chi connectivity index (χ4n) is 8.19. The van der Waals surface area contributed by atoms with E-state index in [1.807, 2.05) is 0 Å². The number of ketones is 1. The van der Waals surface area contributed by atoms with Gasteiger partial charge >= 0.3 is 5.97 Å². The van der Waals surface area contributed by atoms with Gasteiger partial charge in [0, 0.05) is 24.3 Å². The first-order valence-corrected chi connectivity index (χ1v) is 15.1. The summed E-state index contributed by atoms with van der Waals surface area (Å²) in [7, 11) is 0. The Morgan fingerprint density at radius 2 is 1.95 bits per heavy atom. The maximum absolute atomic E-state index is 13.5. The van der Waals surface area contributed by atoms with Crippen LogP contribution < -0.4 is 15.8 Å². The van der Waals surface area contributed by atoms with Crippen LogP contribution in [0.5, 0.6) is 5.75 Å². The number of esters is 1. The zero-order valence-electron chi connectivity index (χ0n) is 25.2. The summed E-state index contributed by atoms with van der Waals surface area (Å²) in [6.45, 7) is 10.0. The minimum absolute atomic E-state index is 0.0212. The second-order valence-electron chi connectivity index (χ2n) is 13.3. The third-order valence-corrected chi connectivity index (χ3v) is 11.2. The van der Waals surface area contributed by atoms with Gasteiger partial charge in [-0.05, 0) is 72.5 Å². The van der Waals surface area contributed by atoms with E-state index in [0.717, 1.165) is 31.2 Å². The van der Waals surface area contributed by atoms with Crippen LogP contribution in [0.4, 0.5) is 0 Å². The molecule has 0 radical (unpaired) electrons. The van der Waals surface area contributed by atoms with Gasteiger partial charge in [0.25, 0.3) is 0 Å². The van der Waals surface area contributed by atoms with E-state index in [9.17, 15) is 19.5 Å². The van der Waals surface area contributed by atoms with E-state index >= 15 is 0 Å². The van der Waals surface area contributed by atoms with E-state index in [1.165, 1.54) is 0 Å². The summed E-state index contributed by atoms with van der Waals surface area (Å²) in [6, 6.07) is 6.01. The molecule has 4 rings (SSSR count). The van der Waals surface area contributed by atoms with Crippen LogP contribution in [0.2, 0.25) is 0 Å². The number of carbonyl (C=O) groups excluding carboxylic acids is 3. The van der Waals surface area contributed by atoms with E-state index < -0.39 is 47.6 Å². The van der Waals surface area contributed by atoms with E-state index in [1.54, 1.807) is 24.3 Å². The number of Topliss-reactive ketones (excluding diaryl/α,β-unsaturated/α-hetero) is 1. The van der Waals surface area contributed by atoms with E-state index in [2.05, 4.69) is 39.9 Å². The number of hydrogen-bond donors (Lipinski definition) is 4. The molecule has 1 amide bonds. The van der Waals surface area contributed by atoms with Crippen molar-refractivity contribution < 1.29 is 34.1 Å². The topological polar surface area (TPSA) is 148 Å². The smallest absolute Gasteiger partial charge is 0.344 e. The summed E-state index contributed by atoms with van der Waals surface area (Å²) in [5, 5.41) is 23.4. The zero-order chi connectivity index (χ0) is 30.2. The molecule has 0 aliphatic heterocycles. The Morgan fingerprint density at radius 1 is 1.22 bits per heavy atom. The first-order chi connectivity index (χ1) is 19.3. The number of carbonyl (C=O) groups is 3. The molecule has 9 heteroatoms. The van der Waals surface area contributed by atoms with Crippen molar-refractivity contribution in [3.8, 4) is 5.75 Å². The minimum Gasteiger partial charge on any atom is -0.482 e. The fraction of sp³-hybridized carbons (Fsp3) is 0.719. The Bertz CT molecular complexity index is 1140. The molecule has 1 aromatic rings. The van der Waals surface area contributed by atoms with Crippen LogP contribution in [-0.2, 0) is 25.7 Å². The Morgan fingerprint density at radius 3 is 2.63 bits per heavy atom. The summed E-state index contributed by atoms with van der Waals surface area (Å²) in [5.41, 5.74) is 4.99. The number of amides is 1. The van der Waals surface area contributed by atoms with Crippen LogP contribution in [0.25, 0.3) is 0 Å². The molecule has 3 aliphatic rings. The van der Waals surface area contributed by atoms with Crippen LogP contribution in [0.15, 0.2) is 24.3 Å². The van der Waals surface area contributed by atoms with Gasteiger partial charge in [0.15, 0.2) is 6.61 Å². The highest BCUT2D eigenvalue weighted by Crippen LogP contribution is 2.68. The molecule has 3 aliphatic carbocycles. The number of hydrogen-bond acceptors (Lipinski definition) is 8.